The average Bonchev–Trinajstić information content (AvgIpc) is 2.13. The first kappa shape index (κ1) is 15.7. The minimum atomic E-state index is -0.908. The molecule has 0 aromatic rings. The fourth-order valence-electron chi connectivity index (χ4n) is 1.26. The van der Waals surface area contributed by atoms with E-state index >= 15 is 0 Å². The highest BCUT2D eigenvalue weighted by atomic mass is 16.6. The normalized spacial score (nSPS) is 13.0. The van der Waals surface area contributed by atoms with Gasteiger partial charge in [0, 0.05) is 13.1 Å². The maximum absolute atomic E-state index is 11.8. The molecule has 5 nitrogen and oxygen atoms in total. The molecule has 0 spiro atoms. The van der Waals surface area contributed by atoms with Gasteiger partial charge in [0.05, 0.1) is 5.92 Å². The van der Waals surface area contributed by atoms with Gasteiger partial charge < -0.3 is 14.7 Å². The smallest absolute Gasteiger partial charge is 0.410 e. The summed E-state index contributed by atoms with van der Waals surface area (Å²) >= 11 is 0. The molecule has 100 valence electrons. The molecule has 1 amide bonds. The Hall–Kier alpha value is -1.26. The van der Waals surface area contributed by atoms with Gasteiger partial charge in [0.1, 0.15) is 5.60 Å². The van der Waals surface area contributed by atoms with Gasteiger partial charge in [-0.15, -0.1) is 0 Å². The van der Waals surface area contributed by atoms with E-state index in [1.165, 1.54) is 4.90 Å². The van der Waals surface area contributed by atoms with Crippen LogP contribution in [0.4, 0.5) is 4.79 Å². The van der Waals surface area contributed by atoms with Gasteiger partial charge in [-0.05, 0) is 27.2 Å². The van der Waals surface area contributed by atoms with E-state index in [4.69, 9.17) is 9.84 Å². The summed E-state index contributed by atoms with van der Waals surface area (Å²) in [6.45, 7) is 9.56. The summed E-state index contributed by atoms with van der Waals surface area (Å²) in [7, 11) is 0. The third kappa shape index (κ3) is 6.81. The molecule has 17 heavy (non-hydrogen) atoms. The molecule has 0 unspecified atom stereocenters. The first-order valence-electron chi connectivity index (χ1n) is 5.88. The molecular weight excluding hydrogens is 222 g/mol. The van der Waals surface area contributed by atoms with Crippen molar-refractivity contribution in [1.82, 2.24) is 4.90 Å². The summed E-state index contributed by atoms with van der Waals surface area (Å²) in [5.74, 6) is -1.50. The van der Waals surface area contributed by atoms with Crippen LogP contribution in [0, 0.1) is 5.92 Å². The standard InChI is InChI=1S/C12H23NO4/c1-6-7-13(8-9(2)10(14)15)11(16)17-12(3,4)5/h9H,6-8H2,1-5H3,(H,14,15)/t9-/m1/s1. The summed E-state index contributed by atoms with van der Waals surface area (Å²) in [5, 5.41) is 8.83. The minimum Gasteiger partial charge on any atom is -0.481 e. The Kier molecular flexibility index (Phi) is 5.99. The van der Waals surface area contributed by atoms with E-state index in [0.29, 0.717) is 6.54 Å². The van der Waals surface area contributed by atoms with Crippen LogP contribution < -0.4 is 0 Å². The van der Waals surface area contributed by atoms with Gasteiger partial charge in [0.2, 0.25) is 0 Å². The molecule has 0 aliphatic rings. The molecule has 1 atom stereocenters. The number of carboxylic acid groups (broad SMARTS) is 1. The molecule has 5 heteroatoms. The van der Waals surface area contributed by atoms with Crippen molar-refractivity contribution in [3.8, 4) is 0 Å². The molecule has 0 aromatic heterocycles. The Balaban J connectivity index is 4.51. The summed E-state index contributed by atoms with van der Waals surface area (Å²) in [5.41, 5.74) is -0.560. The molecular formula is C12H23NO4. The number of nitrogens with zero attached hydrogens (tertiary/aromatic N) is 1. The average molecular weight is 245 g/mol. The Labute approximate surface area is 103 Å². The molecule has 0 saturated carbocycles. The number of hydrogen-bond donors (Lipinski definition) is 1. The first-order chi connectivity index (χ1) is 7.67. The zero-order chi connectivity index (χ0) is 13.6. The molecule has 0 fully saturated rings. The van der Waals surface area contributed by atoms with Gasteiger partial charge in [-0.1, -0.05) is 13.8 Å². The summed E-state index contributed by atoms with van der Waals surface area (Å²) in [4.78, 5) is 24.0. The lowest BCUT2D eigenvalue weighted by Gasteiger charge is -2.28. The lowest BCUT2D eigenvalue weighted by Crippen LogP contribution is -2.40. The number of rotatable bonds is 5. The highest BCUT2D eigenvalue weighted by Gasteiger charge is 2.24. The van der Waals surface area contributed by atoms with Crippen molar-refractivity contribution in [3.05, 3.63) is 0 Å². The molecule has 1 N–H and O–H groups in total. The second-order valence-corrected chi connectivity index (χ2v) is 5.17. The number of carboxylic acids is 1. The van der Waals surface area contributed by atoms with E-state index in [1.807, 2.05) is 6.92 Å². The zero-order valence-electron chi connectivity index (χ0n) is 11.3. The lowest BCUT2D eigenvalue weighted by molar-refractivity contribution is -0.141. The van der Waals surface area contributed by atoms with E-state index in [9.17, 15) is 9.59 Å². The van der Waals surface area contributed by atoms with Crippen LogP contribution in [0.25, 0.3) is 0 Å². The number of carbonyl (C=O) groups excluding carboxylic acids is 1. The van der Waals surface area contributed by atoms with Crippen molar-refractivity contribution < 1.29 is 19.4 Å². The maximum Gasteiger partial charge on any atom is 0.410 e. The molecule has 0 radical (unpaired) electrons. The number of ether oxygens (including phenoxy) is 1. The molecule has 0 aliphatic heterocycles. The first-order valence-corrected chi connectivity index (χ1v) is 5.88. The molecule has 0 heterocycles. The van der Waals surface area contributed by atoms with Crippen molar-refractivity contribution in [2.24, 2.45) is 5.92 Å². The largest absolute Gasteiger partial charge is 0.481 e. The number of aliphatic carboxylic acids is 1. The van der Waals surface area contributed by atoms with Crippen LogP contribution in [0.5, 0.6) is 0 Å². The predicted octanol–water partition coefficient (Wildman–Crippen LogP) is 2.35. The van der Waals surface area contributed by atoms with E-state index in [-0.39, 0.29) is 6.54 Å². The monoisotopic (exact) mass is 245 g/mol. The lowest BCUT2D eigenvalue weighted by atomic mass is 10.1. The van der Waals surface area contributed by atoms with Gasteiger partial charge >= 0.3 is 12.1 Å². The van der Waals surface area contributed by atoms with E-state index in [2.05, 4.69) is 0 Å². The summed E-state index contributed by atoms with van der Waals surface area (Å²) in [6.07, 6.45) is 0.318. The summed E-state index contributed by atoms with van der Waals surface area (Å²) < 4.78 is 5.23. The Morgan fingerprint density at radius 2 is 1.88 bits per heavy atom. The molecule has 0 aromatic carbocycles. The van der Waals surface area contributed by atoms with Crippen LogP contribution in [0.15, 0.2) is 0 Å². The van der Waals surface area contributed by atoms with Crippen LogP contribution in [-0.2, 0) is 9.53 Å². The highest BCUT2D eigenvalue weighted by molar-refractivity contribution is 5.72. The molecule has 0 aliphatic carbocycles. The fraction of sp³-hybridized carbons (Fsp3) is 0.833. The Morgan fingerprint density at radius 1 is 1.35 bits per heavy atom. The quantitative estimate of drug-likeness (QED) is 0.807. The Morgan fingerprint density at radius 3 is 2.24 bits per heavy atom. The summed E-state index contributed by atoms with van der Waals surface area (Å²) in [6, 6.07) is 0. The van der Waals surface area contributed by atoms with Crippen LogP contribution in [-0.4, -0.2) is 40.8 Å². The minimum absolute atomic E-state index is 0.179. The van der Waals surface area contributed by atoms with Gasteiger partial charge in [-0.25, -0.2) is 4.79 Å². The van der Waals surface area contributed by atoms with Crippen molar-refractivity contribution >= 4 is 12.1 Å². The van der Waals surface area contributed by atoms with E-state index < -0.39 is 23.6 Å². The van der Waals surface area contributed by atoms with Crippen molar-refractivity contribution in [3.63, 3.8) is 0 Å². The zero-order valence-corrected chi connectivity index (χ0v) is 11.3. The number of amides is 1. The maximum atomic E-state index is 11.8. The van der Waals surface area contributed by atoms with Crippen LogP contribution >= 0.6 is 0 Å². The molecule has 0 bridgehead atoms. The molecule has 0 saturated heterocycles. The van der Waals surface area contributed by atoms with Gasteiger partial charge in [0.15, 0.2) is 0 Å². The number of carbonyl (C=O) groups is 2. The van der Waals surface area contributed by atoms with E-state index in [1.54, 1.807) is 27.7 Å². The van der Waals surface area contributed by atoms with Crippen molar-refractivity contribution in [1.29, 1.82) is 0 Å². The fourth-order valence-corrected chi connectivity index (χ4v) is 1.26. The van der Waals surface area contributed by atoms with Gasteiger partial charge in [-0.3, -0.25) is 4.79 Å². The van der Waals surface area contributed by atoms with Crippen LogP contribution in [0.2, 0.25) is 0 Å². The van der Waals surface area contributed by atoms with Crippen LogP contribution in [0.1, 0.15) is 41.0 Å². The topological polar surface area (TPSA) is 66.8 Å². The third-order valence-electron chi connectivity index (χ3n) is 2.06. The van der Waals surface area contributed by atoms with Crippen molar-refractivity contribution in [2.75, 3.05) is 13.1 Å². The van der Waals surface area contributed by atoms with Gasteiger partial charge in [0.25, 0.3) is 0 Å². The highest BCUT2D eigenvalue weighted by Crippen LogP contribution is 2.11. The van der Waals surface area contributed by atoms with Crippen LogP contribution in [0.3, 0.4) is 0 Å². The third-order valence-corrected chi connectivity index (χ3v) is 2.06. The predicted molar refractivity (Wildman–Crippen MR) is 64.9 cm³/mol. The van der Waals surface area contributed by atoms with Crippen molar-refractivity contribution in [2.45, 2.75) is 46.6 Å². The van der Waals surface area contributed by atoms with E-state index in [0.717, 1.165) is 6.42 Å². The Bertz CT molecular complexity index is 270. The second kappa shape index (κ2) is 6.47. The SMILES string of the molecule is CCCN(C[C@@H](C)C(=O)O)C(=O)OC(C)(C)C. The molecule has 0 rings (SSSR count). The number of hydrogen-bond acceptors (Lipinski definition) is 3. The van der Waals surface area contributed by atoms with Gasteiger partial charge in [-0.2, -0.15) is 0 Å². The second-order valence-electron chi connectivity index (χ2n) is 5.17.